The van der Waals surface area contributed by atoms with Gasteiger partial charge in [-0.25, -0.2) is 4.39 Å². The smallest absolute Gasteiger partial charge is 0.141 e. The van der Waals surface area contributed by atoms with Gasteiger partial charge in [0, 0.05) is 11.8 Å². The molecule has 0 aromatic carbocycles. The van der Waals surface area contributed by atoms with Crippen LogP contribution in [0.5, 0.6) is 0 Å². The fourth-order valence-electron chi connectivity index (χ4n) is 1.51. The fraction of sp³-hybridized carbons (Fsp3) is 0.364. The maximum atomic E-state index is 12.9. The molecular weight excluding hydrogens is 197 g/mol. The standard InChI is InChI=1S/C11H12FNO2/c12-9-5-8(6-13-7-9)11(14)10-3-1-2-4-15-10/h3,5-7,11,14H,1-2,4H2. The van der Waals surface area contributed by atoms with Gasteiger partial charge in [-0.1, -0.05) is 0 Å². The molecule has 0 aliphatic carbocycles. The van der Waals surface area contributed by atoms with Gasteiger partial charge in [0.25, 0.3) is 0 Å². The number of aliphatic hydroxyl groups is 1. The predicted octanol–water partition coefficient (Wildman–Crippen LogP) is 1.95. The van der Waals surface area contributed by atoms with Crippen molar-refractivity contribution >= 4 is 0 Å². The summed E-state index contributed by atoms with van der Waals surface area (Å²) < 4.78 is 18.2. The van der Waals surface area contributed by atoms with E-state index in [-0.39, 0.29) is 0 Å². The van der Waals surface area contributed by atoms with Crippen LogP contribution in [-0.2, 0) is 4.74 Å². The molecule has 1 aliphatic heterocycles. The van der Waals surface area contributed by atoms with Gasteiger partial charge in [0.05, 0.1) is 12.8 Å². The van der Waals surface area contributed by atoms with Crippen LogP contribution in [0.25, 0.3) is 0 Å². The lowest BCUT2D eigenvalue weighted by atomic mass is 10.1. The molecule has 80 valence electrons. The van der Waals surface area contributed by atoms with Gasteiger partial charge in [-0.3, -0.25) is 4.98 Å². The zero-order valence-electron chi connectivity index (χ0n) is 8.19. The Morgan fingerprint density at radius 2 is 2.33 bits per heavy atom. The fourth-order valence-corrected chi connectivity index (χ4v) is 1.51. The Bertz CT molecular complexity index is 379. The van der Waals surface area contributed by atoms with Gasteiger partial charge in [-0.2, -0.15) is 0 Å². The molecule has 0 spiro atoms. The summed E-state index contributed by atoms with van der Waals surface area (Å²) in [5.41, 5.74) is 0.420. The quantitative estimate of drug-likeness (QED) is 0.809. The molecule has 15 heavy (non-hydrogen) atoms. The van der Waals surface area contributed by atoms with E-state index in [0.29, 0.717) is 17.9 Å². The summed E-state index contributed by atoms with van der Waals surface area (Å²) in [5.74, 6) is 0.0385. The van der Waals surface area contributed by atoms with Crippen LogP contribution in [0, 0.1) is 5.82 Å². The van der Waals surface area contributed by atoms with Gasteiger partial charge in [0.2, 0.25) is 0 Å². The summed E-state index contributed by atoms with van der Waals surface area (Å²) in [4.78, 5) is 3.68. The van der Waals surface area contributed by atoms with Crippen LogP contribution in [0.2, 0.25) is 0 Å². The molecule has 1 unspecified atom stereocenters. The van der Waals surface area contributed by atoms with E-state index in [4.69, 9.17) is 4.74 Å². The maximum Gasteiger partial charge on any atom is 0.141 e. The van der Waals surface area contributed by atoms with Crippen molar-refractivity contribution in [2.75, 3.05) is 6.61 Å². The molecule has 0 radical (unpaired) electrons. The number of ether oxygens (including phenoxy) is 1. The first-order valence-electron chi connectivity index (χ1n) is 4.89. The molecule has 0 bridgehead atoms. The first-order chi connectivity index (χ1) is 7.27. The van der Waals surface area contributed by atoms with E-state index in [2.05, 4.69) is 4.98 Å². The van der Waals surface area contributed by atoms with Crippen LogP contribution >= 0.6 is 0 Å². The maximum absolute atomic E-state index is 12.9. The molecule has 1 N–H and O–H groups in total. The van der Waals surface area contributed by atoms with E-state index in [1.54, 1.807) is 0 Å². The zero-order valence-corrected chi connectivity index (χ0v) is 8.19. The molecule has 1 aromatic rings. The molecule has 0 amide bonds. The molecular formula is C11H12FNO2. The van der Waals surface area contributed by atoms with Crippen molar-refractivity contribution in [1.82, 2.24) is 4.98 Å². The summed E-state index contributed by atoms with van der Waals surface area (Å²) in [7, 11) is 0. The van der Waals surface area contributed by atoms with Gasteiger partial charge in [-0.15, -0.1) is 0 Å². The summed E-state index contributed by atoms with van der Waals surface area (Å²) in [5, 5.41) is 9.87. The van der Waals surface area contributed by atoms with Crippen molar-refractivity contribution < 1.29 is 14.2 Å². The third kappa shape index (κ3) is 2.33. The van der Waals surface area contributed by atoms with Crippen LogP contribution in [0.15, 0.2) is 30.3 Å². The van der Waals surface area contributed by atoms with Gasteiger partial charge < -0.3 is 9.84 Å². The topological polar surface area (TPSA) is 42.4 Å². The van der Waals surface area contributed by atoms with Crippen LogP contribution in [0.3, 0.4) is 0 Å². The predicted molar refractivity (Wildman–Crippen MR) is 52.4 cm³/mol. The van der Waals surface area contributed by atoms with Crippen molar-refractivity contribution in [3.63, 3.8) is 0 Å². The number of pyridine rings is 1. The largest absolute Gasteiger partial charge is 0.495 e. The summed E-state index contributed by atoms with van der Waals surface area (Å²) in [6, 6.07) is 1.26. The van der Waals surface area contributed by atoms with E-state index in [1.807, 2.05) is 6.08 Å². The molecule has 3 nitrogen and oxygen atoms in total. The lowest BCUT2D eigenvalue weighted by Gasteiger charge is -2.19. The summed E-state index contributed by atoms with van der Waals surface area (Å²) in [6.45, 7) is 0.603. The third-order valence-corrected chi connectivity index (χ3v) is 2.27. The zero-order chi connectivity index (χ0) is 10.7. The second-order valence-corrected chi connectivity index (χ2v) is 3.44. The molecule has 4 heteroatoms. The summed E-state index contributed by atoms with van der Waals surface area (Å²) >= 11 is 0. The van der Waals surface area contributed by atoms with E-state index < -0.39 is 11.9 Å². The number of rotatable bonds is 2. The minimum Gasteiger partial charge on any atom is -0.495 e. The average Bonchev–Trinajstić information content (AvgIpc) is 2.29. The Labute approximate surface area is 87.2 Å². The highest BCUT2D eigenvalue weighted by Crippen LogP contribution is 2.25. The highest BCUT2D eigenvalue weighted by molar-refractivity contribution is 5.21. The highest BCUT2D eigenvalue weighted by Gasteiger charge is 2.17. The van der Waals surface area contributed by atoms with Gasteiger partial charge >= 0.3 is 0 Å². The van der Waals surface area contributed by atoms with E-state index >= 15 is 0 Å². The van der Waals surface area contributed by atoms with E-state index in [0.717, 1.165) is 19.0 Å². The normalized spacial score (nSPS) is 17.9. The third-order valence-electron chi connectivity index (χ3n) is 2.27. The second kappa shape index (κ2) is 4.40. The number of aromatic nitrogens is 1. The second-order valence-electron chi connectivity index (χ2n) is 3.44. The molecule has 2 heterocycles. The molecule has 2 rings (SSSR count). The highest BCUT2D eigenvalue weighted by atomic mass is 19.1. The molecule has 1 atom stereocenters. The molecule has 0 fully saturated rings. The van der Waals surface area contributed by atoms with Gasteiger partial charge in [0.1, 0.15) is 17.7 Å². The lowest BCUT2D eigenvalue weighted by molar-refractivity contribution is 0.0914. The van der Waals surface area contributed by atoms with Crippen molar-refractivity contribution in [1.29, 1.82) is 0 Å². The number of nitrogens with zero attached hydrogens (tertiary/aromatic N) is 1. The lowest BCUT2D eigenvalue weighted by Crippen LogP contribution is -2.10. The average molecular weight is 209 g/mol. The Hall–Kier alpha value is -1.42. The number of aliphatic hydroxyl groups excluding tert-OH is 1. The van der Waals surface area contributed by atoms with Crippen LogP contribution in [-0.4, -0.2) is 16.7 Å². The Balaban J connectivity index is 2.19. The number of hydrogen-bond donors (Lipinski definition) is 1. The Morgan fingerprint density at radius 3 is 3.00 bits per heavy atom. The van der Waals surface area contributed by atoms with Crippen LogP contribution in [0.4, 0.5) is 4.39 Å². The molecule has 0 saturated heterocycles. The first kappa shape index (κ1) is 10.1. The van der Waals surface area contributed by atoms with Crippen molar-refractivity contribution in [2.45, 2.75) is 18.9 Å². The number of halogens is 1. The van der Waals surface area contributed by atoms with Crippen molar-refractivity contribution in [3.05, 3.63) is 41.7 Å². The van der Waals surface area contributed by atoms with E-state index in [9.17, 15) is 9.50 Å². The summed E-state index contributed by atoms with van der Waals surface area (Å²) in [6.07, 6.45) is 5.30. The molecule has 1 aliphatic rings. The monoisotopic (exact) mass is 209 g/mol. The first-order valence-corrected chi connectivity index (χ1v) is 4.89. The number of allylic oxidation sites excluding steroid dienone is 1. The minimum absolute atomic E-state index is 0.420. The Kier molecular flexibility index (Phi) is 2.97. The SMILES string of the molecule is OC(C1=CCCCO1)c1cncc(F)c1. The number of hydrogen-bond acceptors (Lipinski definition) is 3. The van der Waals surface area contributed by atoms with Crippen molar-refractivity contribution in [3.8, 4) is 0 Å². The van der Waals surface area contributed by atoms with Gasteiger partial charge in [-0.05, 0) is 25.0 Å². The van der Waals surface area contributed by atoms with E-state index in [1.165, 1.54) is 12.3 Å². The molecule has 0 saturated carbocycles. The Morgan fingerprint density at radius 1 is 1.47 bits per heavy atom. The van der Waals surface area contributed by atoms with Crippen LogP contribution in [0.1, 0.15) is 24.5 Å². The minimum atomic E-state index is -0.909. The van der Waals surface area contributed by atoms with Crippen LogP contribution < -0.4 is 0 Å². The van der Waals surface area contributed by atoms with Crippen molar-refractivity contribution in [2.24, 2.45) is 0 Å². The van der Waals surface area contributed by atoms with Gasteiger partial charge in [0.15, 0.2) is 0 Å². The molecule has 1 aromatic heterocycles.